The summed E-state index contributed by atoms with van der Waals surface area (Å²) in [5, 5.41) is 0. The second-order valence-corrected chi connectivity index (χ2v) is 4.00. The van der Waals surface area contributed by atoms with E-state index in [0.29, 0.717) is 18.2 Å². The Morgan fingerprint density at radius 2 is 2.00 bits per heavy atom. The molecule has 19 heavy (non-hydrogen) atoms. The molecule has 0 bridgehead atoms. The first-order chi connectivity index (χ1) is 9.24. The maximum Gasteiger partial charge on any atom is 0.158 e. The normalized spacial score (nSPS) is 10.3. The van der Waals surface area contributed by atoms with Crippen LogP contribution in [-0.2, 0) is 11.3 Å². The van der Waals surface area contributed by atoms with Crippen LogP contribution in [0.1, 0.15) is 5.82 Å². The van der Waals surface area contributed by atoms with Crippen LogP contribution < -0.4 is 16.2 Å². The molecule has 0 aliphatic carbocycles. The third kappa shape index (κ3) is 3.18. The largest absolute Gasteiger partial charge is 0.377 e. The van der Waals surface area contributed by atoms with E-state index in [1.165, 1.54) is 0 Å². The standard InChI is InChI=1S/C13H17N5O/c1-18(10-6-4-3-5-7-10)13-8-11(17-14)15-12(16-13)9-19-2/h3-8H,9,14H2,1-2H3,(H,15,16,17). The topological polar surface area (TPSA) is 76.3 Å². The van der Waals surface area contributed by atoms with Gasteiger partial charge in [-0.3, -0.25) is 0 Å². The van der Waals surface area contributed by atoms with Crippen LogP contribution in [0.15, 0.2) is 36.4 Å². The first-order valence-corrected chi connectivity index (χ1v) is 5.87. The number of para-hydroxylation sites is 1. The molecular formula is C13H17N5O. The van der Waals surface area contributed by atoms with Crippen LogP contribution in [0, 0.1) is 0 Å². The van der Waals surface area contributed by atoms with E-state index in [-0.39, 0.29) is 0 Å². The summed E-state index contributed by atoms with van der Waals surface area (Å²) in [5.74, 6) is 7.31. The maximum atomic E-state index is 5.42. The third-order valence-electron chi connectivity index (χ3n) is 2.67. The quantitative estimate of drug-likeness (QED) is 0.628. The molecule has 0 unspecified atom stereocenters. The van der Waals surface area contributed by atoms with Gasteiger partial charge in [-0.05, 0) is 12.1 Å². The van der Waals surface area contributed by atoms with Crippen LogP contribution in [0.3, 0.4) is 0 Å². The zero-order valence-electron chi connectivity index (χ0n) is 11.0. The molecule has 0 radical (unpaired) electrons. The number of nitrogens with zero attached hydrogens (tertiary/aromatic N) is 3. The van der Waals surface area contributed by atoms with Crippen LogP contribution >= 0.6 is 0 Å². The number of nitrogens with one attached hydrogen (secondary N) is 1. The number of hydrazine groups is 1. The van der Waals surface area contributed by atoms with Crippen molar-refractivity contribution < 1.29 is 4.74 Å². The molecule has 3 N–H and O–H groups in total. The van der Waals surface area contributed by atoms with Crippen molar-refractivity contribution in [3.63, 3.8) is 0 Å². The van der Waals surface area contributed by atoms with Gasteiger partial charge in [0.25, 0.3) is 0 Å². The van der Waals surface area contributed by atoms with Crippen molar-refractivity contribution in [3.05, 3.63) is 42.2 Å². The summed E-state index contributed by atoms with van der Waals surface area (Å²) in [5.41, 5.74) is 3.57. The summed E-state index contributed by atoms with van der Waals surface area (Å²) >= 11 is 0. The van der Waals surface area contributed by atoms with Crippen molar-refractivity contribution in [1.29, 1.82) is 0 Å². The molecule has 0 saturated heterocycles. The van der Waals surface area contributed by atoms with Gasteiger partial charge in [0.2, 0.25) is 0 Å². The minimum Gasteiger partial charge on any atom is -0.377 e. The number of methoxy groups -OCH3 is 1. The van der Waals surface area contributed by atoms with Gasteiger partial charge in [-0.15, -0.1) is 0 Å². The third-order valence-corrected chi connectivity index (χ3v) is 2.67. The van der Waals surface area contributed by atoms with Crippen LogP contribution in [0.25, 0.3) is 0 Å². The summed E-state index contributed by atoms with van der Waals surface area (Å²) < 4.78 is 5.06. The monoisotopic (exact) mass is 259 g/mol. The predicted molar refractivity (Wildman–Crippen MR) is 75.1 cm³/mol. The molecule has 0 saturated carbocycles. The minimum atomic E-state index is 0.338. The van der Waals surface area contributed by atoms with E-state index in [4.69, 9.17) is 10.6 Å². The van der Waals surface area contributed by atoms with E-state index >= 15 is 0 Å². The Labute approximate surface area is 112 Å². The highest BCUT2D eigenvalue weighted by Gasteiger charge is 2.09. The Bertz CT molecular complexity index is 532. The molecule has 0 aliphatic heterocycles. The Kier molecular flexibility index (Phi) is 4.27. The van der Waals surface area contributed by atoms with Gasteiger partial charge >= 0.3 is 0 Å². The fourth-order valence-corrected chi connectivity index (χ4v) is 1.71. The number of rotatable bonds is 5. The number of nitrogen functional groups attached to an aromatic ring is 1. The molecule has 0 fully saturated rings. The Hall–Kier alpha value is -2.18. The summed E-state index contributed by atoms with van der Waals surface area (Å²) in [6.07, 6.45) is 0. The Balaban J connectivity index is 2.35. The van der Waals surface area contributed by atoms with Gasteiger partial charge in [0.05, 0.1) is 0 Å². The number of ether oxygens (including phenoxy) is 1. The SMILES string of the molecule is COCc1nc(NN)cc(N(C)c2ccccc2)n1. The summed E-state index contributed by atoms with van der Waals surface area (Å²) in [6, 6.07) is 11.7. The lowest BCUT2D eigenvalue weighted by molar-refractivity contribution is 0.178. The van der Waals surface area contributed by atoms with Crippen molar-refractivity contribution in [2.75, 3.05) is 24.5 Å². The van der Waals surface area contributed by atoms with Crippen molar-refractivity contribution in [2.24, 2.45) is 5.84 Å². The maximum absolute atomic E-state index is 5.42. The van der Waals surface area contributed by atoms with Gasteiger partial charge in [0.15, 0.2) is 5.82 Å². The van der Waals surface area contributed by atoms with Gasteiger partial charge in [0.1, 0.15) is 18.2 Å². The molecule has 1 heterocycles. The highest BCUT2D eigenvalue weighted by molar-refractivity contribution is 5.61. The highest BCUT2D eigenvalue weighted by Crippen LogP contribution is 2.23. The molecule has 0 atom stereocenters. The van der Waals surface area contributed by atoms with Crippen molar-refractivity contribution >= 4 is 17.3 Å². The summed E-state index contributed by atoms with van der Waals surface area (Å²) in [4.78, 5) is 10.6. The highest BCUT2D eigenvalue weighted by atomic mass is 16.5. The molecule has 2 aromatic rings. The lowest BCUT2D eigenvalue weighted by atomic mass is 10.3. The Morgan fingerprint density at radius 1 is 1.26 bits per heavy atom. The lowest BCUT2D eigenvalue weighted by Gasteiger charge is -2.19. The average molecular weight is 259 g/mol. The molecule has 6 heteroatoms. The van der Waals surface area contributed by atoms with E-state index in [9.17, 15) is 0 Å². The van der Waals surface area contributed by atoms with Crippen LogP contribution in [0.4, 0.5) is 17.3 Å². The molecular weight excluding hydrogens is 242 g/mol. The van der Waals surface area contributed by atoms with Gasteiger partial charge in [0, 0.05) is 25.9 Å². The van der Waals surface area contributed by atoms with E-state index < -0.39 is 0 Å². The van der Waals surface area contributed by atoms with Crippen LogP contribution in [0.2, 0.25) is 0 Å². The average Bonchev–Trinajstić information content (AvgIpc) is 2.47. The molecule has 0 spiro atoms. The molecule has 100 valence electrons. The number of anilines is 3. The van der Waals surface area contributed by atoms with E-state index in [1.54, 1.807) is 13.2 Å². The van der Waals surface area contributed by atoms with Crippen LogP contribution in [-0.4, -0.2) is 24.1 Å². The van der Waals surface area contributed by atoms with E-state index in [0.717, 1.165) is 11.5 Å². The van der Waals surface area contributed by atoms with Crippen molar-refractivity contribution in [2.45, 2.75) is 6.61 Å². The molecule has 1 aromatic heterocycles. The van der Waals surface area contributed by atoms with Crippen molar-refractivity contribution in [3.8, 4) is 0 Å². The fourth-order valence-electron chi connectivity index (χ4n) is 1.71. The molecule has 0 amide bonds. The number of aromatic nitrogens is 2. The zero-order chi connectivity index (χ0) is 13.7. The summed E-state index contributed by atoms with van der Waals surface area (Å²) in [7, 11) is 3.54. The molecule has 0 aliphatic rings. The predicted octanol–water partition coefficient (Wildman–Crippen LogP) is 1.68. The fraction of sp³-hybridized carbons (Fsp3) is 0.231. The zero-order valence-corrected chi connectivity index (χ0v) is 11.0. The molecule has 2 rings (SSSR count). The van der Waals surface area contributed by atoms with E-state index in [2.05, 4.69) is 15.4 Å². The first kappa shape index (κ1) is 13.3. The number of hydrogen-bond donors (Lipinski definition) is 2. The van der Waals surface area contributed by atoms with Gasteiger partial charge in [-0.1, -0.05) is 18.2 Å². The first-order valence-electron chi connectivity index (χ1n) is 5.87. The lowest BCUT2D eigenvalue weighted by Crippen LogP contribution is -2.16. The number of nitrogens with two attached hydrogens (primary N) is 1. The summed E-state index contributed by atoms with van der Waals surface area (Å²) in [6.45, 7) is 0.338. The van der Waals surface area contributed by atoms with Crippen molar-refractivity contribution in [1.82, 2.24) is 9.97 Å². The van der Waals surface area contributed by atoms with Gasteiger partial charge < -0.3 is 15.1 Å². The van der Waals surface area contributed by atoms with E-state index in [1.807, 2.05) is 42.3 Å². The van der Waals surface area contributed by atoms with Crippen LogP contribution in [0.5, 0.6) is 0 Å². The second kappa shape index (κ2) is 6.12. The minimum absolute atomic E-state index is 0.338. The van der Waals surface area contributed by atoms with Gasteiger partial charge in [-0.25, -0.2) is 15.8 Å². The van der Waals surface area contributed by atoms with Gasteiger partial charge in [-0.2, -0.15) is 0 Å². The second-order valence-electron chi connectivity index (χ2n) is 4.00. The molecule has 1 aromatic carbocycles. The number of hydrogen-bond acceptors (Lipinski definition) is 6. The molecule has 6 nitrogen and oxygen atoms in total. The smallest absolute Gasteiger partial charge is 0.158 e. The Morgan fingerprint density at radius 3 is 2.63 bits per heavy atom. The number of benzene rings is 1.